The highest BCUT2D eigenvalue weighted by molar-refractivity contribution is 6.29. The number of phenols is 1. The number of nitrogens with one attached hydrogen (secondary N) is 1. The number of hydrogen-bond donors (Lipinski definition) is 2. The van der Waals surface area contributed by atoms with E-state index < -0.39 is 0 Å². The molecular formula is C18H14ClN3O. The fraction of sp³-hybridized carbons (Fsp3) is 0. The second kappa shape index (κ2) is 6.50. The zero-order valence-corrected chi connectivity index (χ0v) is 13.0. The summed E-state index contributed by atoms with van der Waals surface area (Å²) in [5.74, 6) is 0.174. The number of halogens is 1. The first-order valence-electron chi connectivity index (χ1n) is 6.96. The standard InChI is InChI=1S/C18H14ClN3O/c1-12(14-7-9-18(19)20-10-14)22-21-11-16-15-5-3-2-4-13(15)6-8-17(16)23/h2-11,22-23H,1H2/b21-11+. The molecule has 0 saturated heterocycles. The third-order valence-corrected chi connectivity index (χ3v) is 3.64. The summed E-state index contributed by atoms with van der Waals surface area (Å²) < 4.78 is 0. The molecule has 0 atom stereocenters. The molecule has 1 aromatic heterocycles. The number of aromatic hydroxyl groups is 1. The molecule has 5 heteroatoms. The number of rotatable bonds is 4. The van der Waals surface area contributed by atoms with E-state index in [-0.39, 0.29) is 5.75 Å². The number of hydrogen-bond acceptors (Lipinski definition) is 4. The van der Waals surface area contributed by atoms with Gasteiger partial charge in [-0.1, -0.05) is 48.5 Å². The summed E-state index contributed by atoms with van der Waals surface area (Å²) in [5.41, 5.74) is 4.86. The van der Waals surface area contributed by atoms with Gasteiger partial charge in [-0.2, -0.15) is 5.10 Å². The second-order valence-corrected chi connectivity index (χ2v) is 5.32. The quantitative estimate of drug-likeness (QED) is 0.430. The van der Waals surface area contributed by atoms with E-state index >= 15 is 0 Å². The first-order valence-corrected chi connectivity index (χ1v) is 7.33. The van der Waals surface area contributed by atoms with Crippen LogP contribution in [-0.4, -0.2) is 16.3 Å². The van der Waals surface area contributed by atoms with Crippen molar-refractivity contribution in [2.24, 2.45) is 5.10 Å². The number of pyridine rings is 1. The molecule has 0 bridgehead atoms. The minimum absolute atomic E-state index is 0.174. The highest BCUT2D eigenvalue weighted by atomic mass is 35.5. The van der Waals surface area contributed by atoms with Gasteiger partial charge >= 0.3 is 0 Å². The average Bonchev–Trinajstić information content (AvgIpc) is 2.57. The molecule has 4 nitrogen and oxygen atoms in total. The maximum Gasteiger partial charge on any atom is 0.129 e. The fourth-order valence-corrected chi connectivity index (χ4v) is 2.33. The molecule has 0 fully saturated rings. The summed E-state index contributed by atoms with van der Waals surface area (Å²) in [6, 6.07) is 14.8. The maximum atomic E-state index is 10.1. The van der Waals surface area contributed by atoms with E-state index in [9.17, 15) is 5.11 Å². The first kappa shape index (κ1) is 15.1. The Morgan fingerprint density at radius 3 is 2.78 bits per heavy atom. The summed E-state index contributed by atoms with van der Waals surface area (Å²) in [4.78, 5) is 3.99. The van der Waals surface area contributed by atoms with Crippen LogP contribution in [0, 0.1) is 0 Å². The number of aromatic nitrogens is 1. The number of phenolic OH excluding ortho intramolecular Hbond substituents is 1. The molecule has 2 aromatic carbocycles. The molecule has 3 rings (SSSR count). The zero-order valence-electron chi connectivity index (χ0n) is 12.2. The predicted octanol–water partition coefficient (Wildman–Crippen LogP) is 4.19. The summed E-state index contributed by atoms with van der Waals surface area (Å²) in [6.07, 6.45) is 3.19. The predicted molar refractivity (Wildman–Crippen MR) is 94.6 cm³/mol. The molecular weight excluding hydrogens is 310 g/mol. The van der Waals surface area contributed by atoms with Crippen LogP contribution in [0.3, 0.4) is 0 Å². The van der Waals surface area contributed by atoms with E-state index in [4.69, 9.17) is 11.6 Å². The third kappa shape index (κ3) is 3.33. The van der Waals surface area contributed by atoms with Crippen LogP contribution < -0.4 is 5.43 Å². The Morgan fingerprint density at radius 2 is 2.00 bits per heavy atom. The van der Waals surface area contributed by atoms with Gasteiger partial charge in [0, 0.05) is 17.3 Å². The Labute approximate surface area is 138 Å². The Bertz CT molecular complexity index is 888. The lowest BCUT2D eigenvalue weighted by atomic mass is 10.0. The summed E-state index contributed by atoms with van der Waals surface area (Å²) >= 11 is 5.76. The lowest BCUT2D eigenvalue weighted by Gasteiger charge is -2.06. The first-order chi connectivity index (χ1) is 11.1. The smallest absolute Gasteiger partial charge is 0.129 e. The molecule has 0 saturated carbocycles. The average molecular weight is 324 g/mol. The van der Waals surface area contributed by atoms with Crippen LogP contribution in [0.4, 0.5) is 0 Å². The maximum absolute atomic E-state index is 10.1. The molecule has 0 aliphatic carbocycles. The van der Waals surface area contributed by atoms with Crippen LogP contribution >= 0.6 is 11.6 Å². The molecule has 0 spiro atoms. The number of nitrogens with zero attached hydrogens (tertiary/aromatic N) is 2. The molecule has 1 heterocycles. The van der Waals surface area contributed by atoms with Crippen molar-refractivity contribution in [3.8, 4) is 5.75 Å². The zero-order chi connectivity index (χ0) is 16.2. The van der Waals surface area contributed by atoms with Crippen LogP contribution in [-0.2, 0) is 0 Å². The van der Waals surface area contributed by atoms with Crippen molar-refractivity contribution < 1.29 is 5.11 Å². The van der Waals surface area contributed by atoms with E-state index in [1.54, 1.807) is 30.6 Å². The second-order valence-electron chi connectivity index (χ2n) is 4.94. The molecule has 0 aliphatic heterocycles. The van der Waals surface area contributed by atoms with Gasteiger partial charge in [0.25, 0.3) is 0 Å². The van der Waals surface area contributed by atoms with Gasteiger partial charge in [0.05, 0.1) is 11.9 Å². The Hall–Kier alpha value is -2.85. The number of benzene rings is 2. The van der Waals surface area contributed by atoms with Gasteiger partial charge in [-0.25, -0.2) is 4.98 Å². The van der Waals surface area contributed by atoms with E-state index in [1.165, 1.54) is 0 Å². The van der Waals surface area contributed by atoms with E-state index in [0.717, 1.165) is 16.3 Å². The molecule has 0 radical (unpaired) electrons. The van der Waals surface area contributed by atoms with Gasteiger partial charge in [-0.3, -0.25) is 5.43 Å². The normalized spacial score (nSPS) is 11.0. The number of hydrazone groups is 1. The summed E-state index contributed by atoms with van der Waals surface area (Å²) in [6.45, 7) is 3.90. The Balaban J connectivity index is 1.82. The topological polar surface area (TPSA) is 57.5 Å². The molecule has 114 valence electrons. The monoisotopic (exact) mass is 323 g/mol. The van der Waals surface area contributed by atoms with Gasteiger partial charge in [0.15, 0.2) is 0 Å². The lowest BCUT2D eigenvalue weighted by Crippen LogP contribution is -2.04. The van der Waals surface area contributed by atoms with Crippen molar-refractivity contribution in [1.82, 2.24) is 10.4 Å². The Kier molecular flexibility index (Phi) is 4.26. The van der Waals surface area contributed by atoms with Crippen molar-refractivity contribution in [2.75, 3.05) is 0 Å². The van der Waals surface area contributed by atoms with Gasteiger partial charge in [-0.05, 0) is 29.0 Å². The van der Waals surface area contributed by atoms with Crippen LogP contribution in [0.5, 0.6) is 5.75 Å². The highest BCUT2D eigenvalue weighted by Crippen LogP contribution is 2.25. The molecule has 2 N–H and O–H groups in total. The van der Waals surface area contributed by atoms with E-state index in [0.29, 0.717) is 16.4 Å². The van der Waals surface area contributed by atoms with Crippen LogP contribution in [0.15, 0.2) is 66.4 Å². The van der Waals surface area contributed by atoms with Crippen molar-refractivity contribution in [2.45, 2.75) is 0 Å². The van der Waals surface area contributed by atoms with E-state index in [2.05, 4.69) is 22.1 Å². The molecule has 0 unspecified atom stereocenters. The molecule has 3 aromatic rings. The Morgan fingerprint density at radius 1 is 1.17 bits per heavy atom. The van der Waals surface area contributed by atoms with Crippen molar-refractivity contribution in [1.29, 1.82) is 0 Å². The minimum atomic E-state index is 0.174. The number of fused-ring (bicyclic) bond motifs is 1. The lowest BCUT2D eigenvalue weighted by molar-refractivity contribution is 0.475. The van der Waals surface area contributed by atoms with Gasteiger partial charge < -0.3 is 5.11 Å². The van der Waals surface area contributed by atoms with Crippen LogP contribution in [0.25, 0.3) is 16.5 Å². The van der Waals surface area contributed by atoms with Gasteiger partial charge in [0.1, 0.15) is 10.9 Å². The minimum Gasteiger partial charge on any atom is -0.507 e. The van der Waals surface area contributed by atoms with Crippen molar-refractivity contribution in [3.63, 3.8) is 0 Å². The van der Waals surface area contributed by atoms with E-state index in [1.807, 2.05) is 30.3 Å². The molecule has 23 heavy (non-hydrogen) atoms. The van der Waals surface area contributed by atoms with Gasteiger partial charge in [0.2, 0.25) is 0 Å². The molecule has 0 amide bonds. The van der Waals surface area contributed by atoms with Crippen molar-refractivity contribution >= 4 is 34.3 Å². The van der Waals surface area contributed by atoms with Crippen LogP contribution in [0.1, 0.15) is 11.1 Å². The van der Waals surface area contributed by atoms with Crippen molar-refractivity contribution in [3.05, 3.63) is 77.6 Å². The third-order valence-electron chi connectivity index (χ3n) is 3.42. The van der Waals surface area contributed by atoms with Gasteiger partial charge in [-0.15, -0.1) is 0 Å². The molecule has 0 aliphatic rings. The summed E-state index contributed by atoms with van der Waals surface area (Å²) in [5, 5.41) is 16.6. The van der Waals surface area contributed by atoms with Crippen LogP contribution in [0.2, 0.25) is 5.15 Å². The fourth-order valence-electron chi connectivity index (χ4n) is 2.21. The highest BCUT2D eigenvalue weighted by Gasteiger charge is 2.04. The SMILES string of the molecule is C=C(N/N=C/c1c(O)ccc2ccccc12)c1ccc(Cl)nc1. The largest absolute Gasteiger partial charge is 0.507 e. The summed E-state index contributed by atoms with van der Waals surface area (Å²) in [7, 11) is 0.